The number of benzene rings is 2. The number of hydrogen-bond donors (Lipinski definition) is 2. The zero-order chi connectivity index (χ0) is 30.8. The molecule has 1 aromatic heterocycles. The second kappa shape index (κ2) is 12.4. The van der Waals surface area contributed by atoms with Crippen LogP contribution in [0.4, 0.5) is 23.2 Å². The Morgan fingerprint density at radius 2 is 1.86 bits per heavy atom. The molecule has 0 radical (unpaired) electrons. The van der Waals surface area contributed by atoms with Gasteiger partial charge in [-0.25, -0.2) is 9.18 Å². The summed E-state index contributed by atoms with van der Waals surface area (Å²) in [6, 6.07) is 7.96. The molecule has 2 aromatic carbocycles. The van der Waals surface area contributed by atoms with E-state index in [4.69, 9.17) is 17.0 Å². The molecule has 3 aromatic rings. The number of carbonyl (C=O) groups is 4. The number of thioether (sulfide) groups is 1. The van der Waals surface area contributed by atoms with Crippen LogP contribution in [-0.4, -0.2) is 44.6 Å². The lowest BCUT2D eigenvalue weighted by Gasteiger charge is -2.14. The van der Waals surface area contributed by atoms with Crippen molar-refractivity contribution in [3.8, 4) is 16.9 Å². The first-order chi connectivity index (χ1) is 19.7. The minimum Gasteiger partial charge on any atom is -0.478 e. The Hall–Kier alpha value is -4.08. The second-order valence-corrected chi connectivity index (χ2v) is 11.3. The fourth-order valence-electron chi connectivity index (χ4n) is 3.78. The van der Waals surface area contributed by atoms with Crippen molar-refractivity contribution in [2.75, 3.05) is 11.9 Å². The summed E-state index contributed by atoms with van der Waals surface area (Å²) in [6.07, 6.45) is -3.48. The summed E-state index contributed by atoms with van der Waals surface area (Å²) >= 11 is 7.45. The smallest absolute Gasteiger partial charge is 0.419 e. The highest BCUT2D eigenvalue weighted by Crippen LogP contribution is 2.37. The molecule has 2 heterocycles. The molecule has 218 valence electrons. The SMILES string of the molecule is CC(=O)Oc1cc(NC(=O)CCN2C(=O)/C(=C/c3cc(-c4ccc(F)c(C(F)(F)F)c4)cs3)SC2=S)ccc1C(=O)O. The van der Waals surface area contributed by atoms with Crippen molar-refractivity contribution in [3.05, 3.63) is 74.6 Å². The van der Waals surface area contributed by atoms with Crippen molar-refractivity contribution < 1.29 is 46.6 Å². The van der Waals surface area contributed by atoms with Crippen LogP contribution in [-0.2, 0) is 20.6 Å². The van der Waals surface area contributed by atoms with E-state index >= 15 is 0 Å². The normalized spacial score (nSPS) is 14.4. The van der Waals surface area contributed by atoms with Crippen molar-refractivity contribution in [1.29, 1.82) is 0 Å². The number of aromatic carboxylic acids is 1. The molecule has 1 saturated heterocycles. The van der Waals surface area contributed by atoms with Gasteiger partial charge in [-0.2, -0.15) is 13.2 Å². The number of thiocarbonyl (C=S) groups is 1. The highest BCUT2D eigenvalue weighted by Gasteiger charge is 2.35. The molecule has 0 spiro atoms. The number of carboxylic acids is 1. The Morgan fingerprint density at radius 1 is 1.12 bits per heavy atom. The number of rotatable bonds is 8. The summed E-state index contributed by atoms with van der Waals surface area (Å²) in [5.41, 5.74) is -0.898. The van der Waals surface area contributed by atoms with Crippen LogP contribution in [0.2, 0.25) is 0 Å². The molecule has 1 aliphatic heterocycles. The maximum atomic E-state index is 13.6. The molecule has 0 aliphatic carbocycles. The average molecular weight is 639 g/mol. The first-order valence-electron chi connectivity index (χ1n) is 11.8. The number of esters is 1. The van der Waals surface area contributed by atoms with Crippen LogP contribution in [0, 0.1) is 5.82 Å². The quantitative estimate of drug-likeness (QED) is 0.0955. The fourth-order valence-corrected chi connectivity index (χ4v) is 6.00. The maximum Gasteiger partial charge on any atom is 0.419 e. The Labute approximate surface area is 249 Å². The number of hydrogen-bond acceptors (Lipinski definition) is 8. The van der Waals surface area contributed by atoms with Crippen LogP contribution in [0.25, 0.3) is 17.2 Å². The van der Waals surface area contributed by atoms with Crippen LogP contribution in [0.5, 0.6) is 5.75 Å². The number of carbonyl (C=O) groups excluding carboxylic acids is 3. The van der Waals surface area contributed by atoms with Gasteiger partial charge in [0.25, 0.3) is 5.91 Å². The van der Waals surface area contributed by atoms with Gasteiger partial charge >= 0.3 is 18.1 Å². The summed E-state index contributed by atoms with van der Waals surface area (Å²) in [6.45, 7) is 1.03. The zero-order valence-corrected chi connectivity index (χ0v) is 23.7. The van der Waals surface area contributed by atoms with Crippen molar-refractivity contribution in [2.45, 2.75) is 19.5 Å². The summed E-state index contributed by atoms with van der Waals surface area (Å²) < 4.78 is 58.0. The first-order valence-corrected chi connectivity index (χ1v) is 13.9. The van der Waals surface area contributed by atoms with Gasteiger partial charge < -0.3 is 15.2 Å². The van der Waals surface area contributed by atoms with Crippen LogP contribution < -0.4 is 10.1 Å². The van der Waals surface area contributed by atoms with Crippen LogP contribution in [0.15, 0.2) is 52.7 Å². The number of halogens is 4. The second-order valence-electron chi connectivity index (χ2n) is 8.67. The summed E-state index contributed by atoms with van der Waals surface area (Å²) in [7, 11) is 0. The van der Waals surface area contributed by atoms with E-state index in [0.29, 0.717) is 10.4 Å². The Kier molecular flexibility index (Phi) is 9.13. The number of thiophene rings is 1. The number of ether oxygens (including phenoxy) is 1. The van der Waals surface area contributed by atoms with Gasteiger partial charge in [-0.3, -0.25) is 19.3 Å². The number of nitrogens with zero attached hydrogens (tertiary/aromatic N) is 1. The standard InChI is InChI=1S/C27H18F4N2O6S3/c1-13(34)39-21-10-16(3-4-18(21)25(37)38)32-23(35)6-7-33-24(36)22(42-26(33)40)11-17-8-15(12-41-17)14-2-5-20(28)19(9-14)27(29,30)31/h2-5,8-12H,6-7H2,1H3,(H,32,35)(H,37,38)/b22-11-. The van der Waals surface area contributed by atoms with Crippen LogP contribution >= 0.6 is 35.3 Å². The molecule has 0 atom stereocenters. The Morgan fingerprint density at radius 3 is 2.52 bits per heavy atom. The molecule has 0 saturated carbocycles. The third-order valence-corrected chi connectivity index (χ3v) is 7.94. The molecule has 8 nitrogen and oxygen atoms in total. The van der Waals surface area contributed by atoms with E-state index in [0.717, 1.165) is 30.8 Å². The summed E-state index contributed by atoms with van der Waals surface area (Å²) in [5.74, 6) is -4.67. The van der Waals surface area contributed by atoms with Gasteiger partial charge in [0.15, 0.2) is 0 Å². The molecule has 0 bridgehead atoms. The Bertz CT molecular complexity index is 1650. The number of nitrogens with one attached hydrogen (secondary N) is 1. The lowest BCUT2D eigenvalue weighted by atomic mass is 10.0. The monoisotopic (exact) mass is 638 g/mol. The number of anilines is 1. The largest absolute Gasteiger partial charge is 0.478 e. The number of carboxylic acid groups (broad SMARTS) is 1. The maximum absolute atomic E-state index is 13.6. The lowest BCUT2D eigenvalue weighted by Crippen LogP contribution is -2.31. The van der Waals surface area contributed by atoms with E-state index in [2.05, 4.69) is 5.32 Å². The third kappa shape index (κ3) is 7.21. The summed E-state index contributed by atoms with van der Waals surface area (Å²) in [4.78, 5) is 50.1. The van der Waals surface area contributed by atoms with Crippen LogP contribution in [0.3, 0.4) is 0 Å². The van der Waals surface area contributed by atoms with E-state index in [1.54, 1.807) is 11.4 Å². The molecular formula is C27H18F4N2O6S3. The molecule has 4 rings (SSSR count). The summed E-state index contributed by atoms with van der Waals surface area (Å²) in [5, 5.41) is 13.4. The average Bonchev–Trinajstić information content (AvgIpc) is 3.46. The van der Waals surface area contributed by atoms with E-state index < -0.39 is 41.3 Å². The van der Waals surface area contributed by atoms with Gasteiger partial charge in [-0.15, -0.1) is 11.3 Å². The molecule has 42 heavy (non-hydrogen) atoms. The molecule has 1 fully saturated rings. The first kappa shape index (κ1) is 30.9. The highest BCUT2D eigenvalue weighted by atomic mass is 32.2. The molecule has 0 unspecified atom stereocenters. The minimum absolute atomic E-state index is 0.0661. The van der Waals surface area contributed by atoms with E-state index in [1.807, 2.05) is 0 Å². The van der Waals surface area contributed by atoms with Gasteiger partial charge in [0.05, 0.1) is 10.5 Å². The van der Waals surface area contributed by atoms with Crippen molar-refractivity contribution >= 4 is 75.2 Å². The lowest BCUT2D eigenvalue weighted by molar-refractivity contribution is -0.140. The predicted molar refractivity (Wildman–Crippen MR) is 153 cm³/mol. The van der Waals surface area contributed by atoms with Crippen molar-refractivity contribution in [3.63, 3.8) is 0 Å². The van der Waals surface area contributed by atoms with Gasteiger partial charge in [0.2, 0.25) is 5.91 Å². The predicted octanol–water partition coefficient (Wildman–Crippen LogP) is 6.43. The van der Waals surface area contributed by atoms with Crippen molar-refractivity contribution in [1.82, 2.24) is 4.90 Å². The van der Waals surface area contributed by atoms with Gasteiger partial charge in [0.1, 0.15) is 21.5 Å². The van der Waals surface area contributed by atoms with Crippen LogP contribution in [0.1, 0.15) is 34.1 Å². The molecule has 1 aliphatic rings. The van der Waals surface area contributed by atoms with E-state index in [-0.39, 0.29) is 44.8 Å². The fraction of sp³-hybridized carbons (Fsp3) is 0.148. The topological polar surface area (TPSA) is 113 Å². The van der Waals surface area contributed by atoms with Crippen molar-refractivity contribution in [2.24, 2.45) is 0 Å². The molecular weight excluding hydrogens is 620 g/mol. The third-order valence-electron chi connectivity index (χ3n) is 5.68. The highest BCUT2D eigenvalue weighted by molar-refractivity contribution is 8.26. The Balaban J connectivity index is 1.41. The number of amides is 2. The van der Waals surface area contributed by atoms with Gasteiger partial charge in [-0.05, 0) is 52.9 Å². The van der Waals surface area contributed by atoms with Gasteiger partial charge in [-0.1, -0.05) is 30.0 Å². The molecule has 15 heteroatoms. The van der Waals surface area contributed by atoms with Gasteiger partial charge in [0, 0.05) is 36.5 Å². The van der Waals surface area contributed by atoms with E-state index in [1.165, 1.54) is 46.6 Å². The molecule has 2 amide bonds. The van der Waals surface area contributed by atoms with E-state index in [9.17, 15) is 41.8 Å². The number of alkyl halides is 3. The molecule has 2 N–H and O–H groups in total. The zero-order valence-electron chi connectivity index (χ0n) is 21.3. The minimum atomic E-state index is -4.85.